The second-order valence-corrected chi connectivity index (χ2v) is 7.78. The normalized spacial score (nSPS) is 16.5. The lowest BCUT2D eigenvalue weighted by molar-refractivity contribution is -0.139. The third-order valence-corrected chi connectivity index (χ3v) is 5.05. The summed E-state index contributed by atoms with van der Waals surface area (Å²) in [5, 5.41) is 21.4. The first-order chi connectivity index (χ1) is 13.4. The van der Waals surface area contributed by atoms with Crippen LogP contribution < -0.4 is 5.32 Å². The van der Waals surface area contributed by atoms with Gasteiger partial charge in [-0.25, -0.2) is 4.79 Å². The van der Waals surface area contributed by atoms with E-state index in [4.69, 9.17) is 0 Å². The van der Waals surface area contributed by atoms with Crippen LogP contribution in [0.3, 0.4) is 0 Å². The summed E-state index contributed by atoms with van der Waals surface area (Å²) in [6.07, 6.45) is 4.49. The molecule has 1 heterocycles. The molecule has 6 heteroatoms. The molecule has 0 bridgehead atoms. The van der Waals surface area contributed by atoms with Gasteiger partial charge in [-0.2, -0.15) is 5.26 Å². The van der Waals surface area contributed by atoms with Gasteiger partial charge in [-0.05, 0) is 43.1 Å². The number of nitriles is 1. The van der Waals surface area contributed by atoms with Crippen molar-refractivity contribution in [1.29, 1.82) is 5.26 Å². The van der Waals surface area contributed by atoms with Crippen molar-refractivity contribution in [3.63, 3.8) is 0 Å². The zero-order valence-corrected chi connectivity index (χ0v) is 16.6. The Kier molecular flexibility index (Phi) is 8.06. The van der Waals surface area contributed by atoms with E-state index in [1.807, 2.05) is 38.1 Å². The molecular weight excluding hydrogens is 354 g/mol. The van der Waals surface area contributed by atoms with Gasteiger partial charge in [-0.15, -0.1) is 0 Å². The van der Waals surface area contributed by atoms with Gasteiger partial charge in [0, 0.05) is 19.3 Å². The highest BCUT2D eigenvalue weighted by atomic mass is 16.4. The van der Waals surface area contributed by atoms with Crippen molar-refractivity contribution < 1.29 is 14.7 Å². The van der Waals surface area contributed by atoms with Crippen LogP contribution in [0.15, 0.2) is 42.1 Å². The third kappa shape index (κ3) is 6.41. The molecule has 0 saturated carbocycles. The number of carboxylic acid groups (broad SMARTS) is 1. The van der Waals surface area contributed by atoms with E-state index in [2.05, 4.69) is 17.4 Å². The summed E-state index contributed by atoms with van der Waals surface area (Å²) in [4.78, 5) is 25.7. The molecule has 0 radical (unpaired) electrons. The molecule has 150 valence electrons. The smallest absolute Gasteiger partial charge is 0.326 e. The number of carboxylic acids is 1. The van der Waals surface area contributed by atoms with Gasteiger partial charge in [0.2, 0.25) is 0 Å². The molecule has 0 aromatic heterocycles. The Morgan fingerprint density at radius 1 is 1.29 bits per heavy atom. The summed E-state index contributed by atoms with van der Waals surface area (Å²) in [5.74, 6) is -0.605. The third-order valence-electron chi connectivity index (χ3n) is 5.05. The predicted molar refractivity (Wildman–Crippen MR) is 107 cm³/mol. The molecule has 6 nitrogen and oxygen atoms in total. The van der Waals surface area contributed by atoms with Crippen LogP contribution in [0.4, 0.5) is 0 Å². The number of benzene rings is 1. The van der Waals surface area contributed by atoms with Crippen LogP contribution >= 0.6 is 0 Å². The number of nitrogens with zero attached hydrogens (tertiary/aromatic N) is 2. The van der Waals surface area contributed by atoms with Crippen molar-refractivity contribution in [2.24, 2.45) is 11.8 Å². The molecule has 1 atom stereocenters. The van der Waals surface area contributed by atoms with Crippen LogP contribution in [0.25, 0.3) is 0 Å². The number of aliphatic carboxylic acids is 1. The van der Waals surface area contributed by atoms with Crippen LogP contribution in [0.5, 0.6) is 0 Å². The Morgan fingerprint density at radius 3 is 2.46 bits per heavy atom. The summed E-state index contributed by atoms with van der Waals surface area (Å²) in [6.45, 7) is 5.09. The number of carbonyl (C=O) groups is 2. The topological polar surface area (TPSA) is 93.4 Å². The number of hydrogen-bond acceptors (Lipinski definition) is 4. The fourth-order valence-corrected chi connectivity index (χ4v) is 3.50. The fourth-order valence-electron chi connectivity index (χ4n) is 3.50. The van der Waals surface area contributed by atoms with Gasteiger partial charge >= 0.3 is 5.97 Å². The molecule has 1 aromatic carbocycles. The summed E-state index contributed by atoms with van der Waals surface area (Å²) in [6, 6.07) is 11.4. The van der Waals surface area contributed by atoms with Crippen molar-refractivity contribution in [3.05, 3.63) is 47.7 Å². The summed E-state index contributed by atoms with van der Waals surface area (Å²) in [7, 11) is 0. The van der Waals surface area contributed by atoms with E-state index in [0.29, 0.717) is 25.4 Å². The number of likely N-dealkylation sites (tertiary alicyclic amines) is 1. The van der Waals surface area contributed by atoms with Crippen molar-refractivity contribution in [3.8, 4) is 6.07 Å². The van der Waals surface area contributed by atoms with Gasteiger partial charge in [0.05, 0.1) is 0 Å². The number of nitrogens with one attached hydrogen (secondary N) is 1. The van der Waals surface area contributed by atoms with Gasteiger partial charge in [0.25, 0.3) is 5.91 Å². The maximum absolute atomic E-state index is 12.6. The second-order valence-electron chi connectivity index (χ2n) is 7.78. The van der Waals surface area contributed by atoms with Crippen LogP contribution in [-0.2, 0) is 16.0 Å². The molecule has 0 aliphatic carbocycles. The highest BCUT2D eigenvalue weighted by Crippen LogP contribution is 2.22. The molecule has 1 aromatic rings. The largest absolute Gasteiger partial charge is 0.480 e. The van der Waals surface area contributed by atoms with Crippen molar-refractivity contribution in [1.82, 2.24) is 10.2 Å². The Balaban J connectivity index is 1.91. The van der Waals surface area contributed by atoms with Gasteiger partial charge < -0.3 is 15.3 Å². The molecule has 1 aliphatic heterocycles. The van der Waals surface area contributed by atoms with E-state index >= 15 is 0 Å². The van der Waals surface area contributed by atoms with E-state index in [9.17, 15) is 20.0 Å². The number of piperidine rings is 1. The van der Waals surface area contributed by atoms with E-state index in [1.165, 1.54) is 11.8 Å². The quantitative estimate of drug-likeness (QED) is 0.532. The monoisotopic (exact) mass is 383 g/mol. The van der Waals surface area contributed by atoms with Crippen LogP contribution in [0, 0.1) is 23.2 Å². The first kappa shape index (κ1) is 21.5. The zero-order chi connectivity index (χ0) is 20.5. The van der Waals surface area contributed by atoms with Crippen LogP contribution in [-0.4, -0.2) is 41.0 Å². The number of carbonyl (C=O) groups excluding carboxylic acids is 1. The van der Waals surface area contributed by atoms with Gasteiger partial charge in [-0.3, -0.25) is 4.79 Å². The second kappa shape index (κ2) is 10.5. The minimum absolute atomic E-state index is 0.0449. The lowest BCUT2D eigenvalue weighted by Gasteiger charge is -2.32. The lowest BCUT2D eigenvalue weighted by atomic mass is 9.90. The van der Waals surface area contributed by atoms with Crippen molar-refractivity contribution in [2.45, 2.75) is 45.6 Å². The molecule has 2 rings (SSSR count). The fraction of sp³-hybridized carbons (Fsp3) is 0.500. The molecule has 2 N–H and O–H groups in total. The molecule has 28 heavy (non-hydrogen) atoms. The Morgan fingerprint density at radius 2 is 1.93 bits per heavy atom. The van der Waals surface area contributed by atoms with E-state index in [0.717, 1.165) is 19.3 Å². The van der Waals surface area contributed by atoms with Crippen molar-refractivity contribution >= 4 is 11.9 Å². The van der Waals surface area contributed by atoms with Crippen LogP contribution in [0.2, 0.25) is 0 Å². The standard InChI is InChI=1S/C22H29N3O3/c1-16(2)12-20(22(27)28)24-15-19(14-23)21(26)25-10-8-18(9-11-25)13-17-6-4-3-5-7-17/h3-7,15-16,18,20,24H,8-13H2,1-2H3,(H,27,28)/b19-15-. The molecular formula is C22H29N3O3. The van der Waals surface area contributed by atoms with Gasteiger partial charge in [-0.1, -0.05) is 44.2 Å². The Labute approximate surface area is 166 Å². The average Bonchev–Trinajstić information content (AvgIpc) is 2.68. The zero-order valence-electron chi connectivity index (χ0n) is 16.6. The maximum atomic E-state index is 12.6. The summed E-state index contributed by atoms with van der Waals surface area (Å²) >= 11 is 0. The maximum Gasteiger partial charge on any atom is 0.326 e. The first-order valence-electron chi connectivity index (χ1n) is 9.83. The van der Waals surface area contributed by atoms with E-state index in [1.54, 1.807) is 4.90 Å². The van der Waals surface area contributed by atoms with Gasteiger partial charge in [0.1, 0.15) is 17.7 Å². The Hall–Kier alpha value is -2.81. The SMILES string of the molecule is CC(C)CC(N/C=C(/C#N)C(=O)N1CCC(Cc2ccccc2)CC1)C(=O)O. The molecule has 1 amide bonds. The Bertz CT molecular complexity index is 729. The molecule has 1 saturated heterocycles. The summed E-state index contributed by atoms with van der Waals surface area (Å²) in [5.41, 5.74) is 1.26. The number of amides is 1. The van der Waals surface area contributed by atoms with Gasteiger partial charge in [0.15, 0.2) is 0 Å². The summed E-state index contributed by atoms with van der Waals surface area (Å²) < 4.78 is 0. The van der Waals surface area contributed by atoms with E-state index < -0.39 is 12.0 Å². The first-order valence-corrected chi connectivity index (χ1v) is 9.83. The molecule has 1 unspecified atom stereocenters. The highest BCUT2D eigenvalue weighted by Gasteiger charge is 2.26. The minimum atomic E-state index is -0.989. The number of rotatable bonds is 8. The molecule has 0 spiro atoms. The van der Waals surface area contributed by atoms with Crippen molar-refractivity contribution in [2.75, 3.05) is 13.1 Å². The lowest BCUT2D eigenvalue weighted by Crippen LogP contribution is -2.40. The minimum Gasteiger partial charge on any atom is -0.480 e. The number of hydrogen-bond donors (Lipinski definition) is 2. The molecule has 1 fully saturated rings. The average molecular weight is 383 g/mol. The predicted octanol–water partition coefficient (Wildman–Crippen LogP) is 2.96. The van der Waals surface area contributed by atoms with Crippen LogP contribution in [0.1, 0.15) is 38.7 Å². The van der Waals surface area contributed by atoms with E-state index in [-0.39, 0.29) is 17.4 Å². The molecule has 1 aliphatic rings. The highest BCUT2D eigenvalue weighted by molar-refractivity contribution is 5.97.